The van der Waals surface area contributed by atoms with Crippen molar-refractivity contribution in [2.24, 2.45) is 11.8 Å². The Hall–Kier alpha value is -0.380. The molecule has 1 unspecified atom stereocenters. The second-order valence-corrected chi connectivity index (χ2v) is 6.71. The van der Waals surface area contributed by atoms with Gasteiger partial charge in [-0.3, -0.25) is 4.79 Å². The van der Waals surface area contributed by atoms with Gasteiger partial charge in [0, 0.05) is 13.4 Å². The van der Waals surface area contributed by atoms with E-state index in [0.29, 0.717) is 5.69 Å². The molecule has 0 radical (unpaired) electrons. The van der Waals surface area contributed by atoms with Crippen LogP contribution < -0.4 is 5.32 Å². The first kappa shape index (κ1) is 15.7. The number of hydrogen-bond donors (Lipinski definition) is 1. The molecule has 0 aliphatic heterocycles. The number of carbonyl (C=O) groups is 1. The Morgan fingerprint density at radius 1 is 1.28 bits per heavy atom. The van der Waals surface area contributed by atoms with Crippen molar-refractivity contribution in [3.05, 3.63) is 25.6 Å². The smallest absolute Gasteiger partial charge is 0.242 e. The number of carbonyl (C=O) groups excluding carboxylic acids is 1. The summed E-state index contributed by atoms with van der Waals surface area (Å²) < 4.78 is 2.38. The van der Waals surface area contributed by atoms with Gasteiger partial charge in [0.1, 0.15) is 5.92 Å². The minimum atomic E-state index is -0.660. The van der Waals surface area contributed by atoms with Crippen LogP contribution in [0.15, 0.2) is 25.6 Å². The minimum absolute atomic E-state index is 0.0250. The average Bonchev–Trinajstić information content (AvgIpc) is 2.23. The zero-order valence-electron chi connectivity index (χ0n) is 9.80. The highest BCUT2D eigenvalue weighted by molar-refractivity contribution is 9.11. The Bertz CT molecular complexity index is 486. The van der Waals surface area contributed by atoms with Gasteiger partial charge in [0.2, 0.25) is 5.91 Å². The molecule has 6 heteroatoms. The molecule has 1 aromatic rings. The van der Waals surface area contributed by atoms with Crippen molar-refractivity contribution in [1.82, 2.24) is 0 Å². The van der Waals surface area contributed by atoms with Gasteiger partial charge in [0.05, 0.1) is 11.8 Å². The van der Waals surface area contributed by atoms with Crippen molar-refractivity contribution in [3.8, 4) is 6.07 Å². The van der Waals surface area contributed by atoms with E-state index in [1.54, 1.807) is 0 Å². The molecule has 3 nitrogen and oxygen atoms in total. The van der Waals surface area contributed by atoms with Crippen LogP contribution in [0, 0.1) is 23.2 Å². The van der Waals surface area contributed by atoms with Gasteiger partial charge in [-0.2, -0.15) is 5.26 Å². The number of amides is 1. The highest BCUT2D eigenvalue weighted by Gasteiger charge is 2.23. The molecule has 0 saturated heterocycles. The lowest BCUT2D eigenvalue weighted by atomic mass is 9.96. The maximum atomic E-state index is 12.0. The number of anilines is 1. The summed E-state index contributed by atoms with van der Waals surface area (Å²) in [5.74, 6) is -0.980. The van der Waals surface area contributed by atoms with Crippen LogP contribution in [-0.4, -0.2) is 5.91 Å². The summed E-state index contributed by atoms with van der Waals surface area (Å²) in [5, 5.41) is 11.7. The predicted molar refractivity (Wildman–Crippen MR) is 82.1 cm³/mol. The van der Waals surface area contributed by atoms with Crippen LogP contribution in [0.5, 0.6) is 0 Å². The van der Waals surface area contributed by atoms with Crippen LogP contribution in [0.3, 0.4) is 0 Å². The third kappa shape index (κ3) is 3.81. The Morgan fingerprint density at radius 2 is 1.78 bits per heavy atom. The zero-order valence-corrected chi connectivity index (χ0v) is 14.6. The van der Waals surface area contributed by atoms with E-state index in [1.807, 2.05) is 32.0 Å². The Balaban J connectivity index is 2.99. The number of halogens is 3. The highest BCUT2D eigenvalue weighted by atomic mass is 79.9. The molecule has 0 aromatic heterocycles. The van der Waals surface area contributed by atoms with Crippen LogP contribution in [0.1, 0.15) is 13.8 Å². The molecule has 1 rings (SSSR count). The number of nitrogens with zero attached hydrogens (tertiary/aromatic N) is 1. The third-order valence-corrected chi connectivity index (χ3v) is 4.05. The Kier molecular flexibility index (Phi) is 5.83. The molecule has 1 amide bonds. The van der Waals surface area contributed by atoms with Gasteiger partial charge in [0.25, 0.3) is 0 Å². The lowest BCUT2D eigenvalue weighted by Gasteiger charge is -2.15. The molecule has 1 atom stereocenters. The lowest BCUT2D eigenvalue weighted by molar-refractivity contribution is -0.119. The molecule has 0 heterocycles. The van der Waals surface area contributed by atoms with Crippen LogP contribution >= 0.6 is 47.8 Å². The standard InChI is InChI=1S/C12H11Br3N2O/c1-6(2)8(5-16)12(18)17-11-9(14)3-7(13)4-10(11)15/h3-4,6,8H,1-2H3,(H,17,18). The van der Waals surface area contributed by atoms with Crippen molar-refractivity contribution in [2.45, 2.75) is 13.8 Å². The van der Waals surface area contributed by atoms with Crippen LogP contribution in [0.2, 0.25) is 0 Å². The largest absolute Gasteiger partial charge is 0.323 e. The van der Waals surface area contributed by atoms with Gasteiger partial charge in [-0.1, -0.05) is 29.8 Å². The van der Waals surface area contributed by atoms with E-state index in [2.05, 4.69) is 53.1 Å². The van der Waals surface area contributed by atoms with Gasteiger partial charge in [-0.15, -0.1) is 0 Å². The summed E-state index contributed by atoms with van der Waals surface area (Å²) in [6.45, 7) is 3.69. The molecular weight excluding hydrogens is 428 g/mol. The molecule has 96 valence electrons. The summed E-state index contributed by atoms with van der Waals surface area (Å²) in [6.07, 6.45) is 0. The number of benzene rings is 1. The van der Waals surface area contributed by atoms with E-state index in [4.69, 9.17) is 5.26 Å². The average molecular weight is 439 g/mol. The fourth-order valence-electron chi connectivity index (χ4n) is 1.37. The second-order valence-electron chi connectivity index (χ2n) is 4.08. The zero-order chi connectivity index (χ0) is 13.9. The van der Waals surface area contributed by atoms with Crippen LogP contribution in [0.25, 0.3) is 0 Å². The fourth-order valence-corrected chi connectivity index (χ4v) is 3.83. The molecular formula is C12H11Br3N2O. The first-order valence-corrected chi connectivity index (χ1v) is 7.59. The minimum Gasteiger partial charge on any atom is -0.323 e. The normalized spacial score (nSPS) is 12.1. The predicted octanol–water partition coefficient (Wildman–Crippen LogP) is 4.71. The van der Waals surface area contributed by atoms with E-state index >= 15 is 0 Å². The molecule has 0 fully saturated rings. The summed E-state index contributed by atoms with van der Waals surface area (Å²) in [7, 11) is 0. The highest BCUT2D eigenvalue weighted by Crippen LogP contribution is 2.34. The maximum absolute atomic E-state index is 12.0. The second kappa shape index (κ2) is 6.69. The van der Waals surface area contributed by atoms with Crippen molar-refractivity contribution in [2.75, 3.05) is 5.32 Å². The van der Waals surface area contributed by atoms with Crippen molar-refractivity contribution in [1.29, 1.82) is 5.26 Å². The van der Waals surface area contributed by atoms with Gasteiger partial charge in [-0.25, -0.2) is 0 Å². The SMILES string of the molecule is CC(C)C(C#N)C(=O)Nc1c(Br)cc(Br)cc1Br. The maximum Gasteiger partial charge on any atom is 0.242 e. The summed E-state index contributed by atoms with van der Waals surface area (Å²) in [6, 6.07) is 5.68. The molecule has 1 aromatic carbocycles. The number of rotatable bonds is 3. The van der Waals surface area contributed by atoms with Gasteiger partial charge >= 0.3 is 0 Å². The van der Waals surface area contributed by atoms with Crippen LogP contribution in [0.4, 0.5) is 5.69 Å². The van der Waals surface area contributed by atoms with Gasteiger partial charge in [-0.05, 0) is 49.9 Å². The third-order valence-electron chi connectivity index (χ3n) is 2.34. The van der Waals surface area contributed by atoms with E-state index in [0.717, 1.165) is 13.4 Å². The van der Waals surface area contributed by atoms with E-state index in [9.17, 15) is 4.79 Å². The molecule has 18 heavy (non-hydrogen) atoms. The van der Waals surface area contributed by atoms with Gasteiger partial charge < -0.3 is 5.32 Å². The molecule has 1 N–H and O–H groups in total. The van der Waals surface area contributed by atoms with E-state index < -0.39 is 5.92 Å². The molecule has 0 saturated carbocycles. The van der Waals surface area contributed by atoms with Gasteiger partial charge in [0.15, 0.2) is 0 Å². The monoisotopic (exact) mass is 436 g/mol. The lowest BCUT2D eigenvalue weighted by Crippen LogP contribution is -2.26. The van der Waals surface area contributed by atoms with E-state index in [1.165, 1.54) is 0 Å². The summed E-state index contributed by atoms with van der Waals surface area (Å²) >= 11 is 10.1. The molecule has 0 aliphatic rings. The Labute approximate surface area is 131 Å². The molecule has 0 bridgehead atoms. The fraction of sp³-hybridized carbons (Fsp3) is 0.333. The van der Waals surface area contributed by atoms with Crippen molar-refractivity contribution in [3.63, 3.8) is 0 Å². The quantitative estimate of drug-likeness (QED) is 0.743. The first-order valence-electron chi connectivity index (χ1n) is 5.21. The molecule has 0 aliphatic carbocycles. The summed E-state index contributed by atoms with van der Waals surface area (Å²) in [5.41, 5.74) is 0.629. The number of nitrogens with one attached hydrogen (secondary N) is 1. The number of hydrogen-bond acceptors (Lipinski definition) is 2. The van der Waals surface area contributed by atoms with Crippen molar-refractivity contribution >= 4 is 59.4 Å². The topological polar surface area (TPSA) is 52.9 Å². The van der Waals surface area contributed by atoms with E-state index in [-0.39, 0.29) is 11.8 Å². The Morgan fingerprint density at radius 3 is 2.17 bits per heavy atom. The van der Waals surface area contributed by atoms with Crippen LogP contribution in [-0.2, 0) is 4.79 Å². The summed E-state index contributed by atoms with van der Waals surface area (Å²) in [4.78, 5) is 12.0. The molecule has 0 spiro atoms. The van der Waals surface area contributed by atoms with Crippen molar-refractivity contribution < 1.29 is 4.79 Å². The first-order chi connectivity index (χ1) is 8.36. The number of nitriles is 1.